The Hall–Kier alpha value is -1.02. The van der Waals surface area contributed by atoms with Crippen LogP contribution < -0.4 is 4.74 Å². The fourth-order valence-corrected chi connectivity index (χ4v) is 1.000. The number of likely N-dealkylation sites (N-methyl/N-ethyl adjacent to an activating group) is 1. The lowest BCUT2D eigenvalue weighted by Gasteiger charge is -2.12. The van der Waals surface area contributed by atoms with E-state index in [0.29, 0.717) is 0 Å². The van der Waals surface area contributed by atoms with Crippen molar-refractivity contribution < 1.29 is 4.74 Å². The highest BCUT2D eigenvalue weighted by Crippen LogP contribution is 2.15. The van der Waals surface area contributed by atoms with Crippen LogP contribution in [0.4, 0.5) is 0 Å². The zero-order valence-corrected chi connectivity index (χ0v) is 8.50. The molecule has 1 aromatic carbocycles. The zero-order valence-electron chi connectivity index (χ0n) is 8.50. The molecule has 1 rings (SSSR count). The normalized spacial score (nSPS) is 10.5. The summed E-state index contributed by atoms with van der Waals surface area (Å²) in [6.45, 7) is 3.71. The Morgan fingerprint density at radius 3 is 2.85 bits per heavy atom. The van der Waals surface area contributed by atoms with Crippen molar-refractivity contribution in [2.24, 2.45) is 0 Å². The maximum Gasteiger partial charge on any atom is 0.122 e. The molecule has 0 saturated heterocycles. The van der Waals surface area contributed by atoms with Gasteiger partial charge >= 0.3 is 0 Å². The van der Waals surface area contributed by atoms with Crippen molar-refractivity contribution in [2.75, 3.05) is 27.2 Å². The molecule has 2 heteroatoms. The Morgan fingerprint density at radius 1 is 1.46 bits per heavy atom. The Kier molecular flexibility index (Phi) is 3.77. The van der Waals surface area contributed by atoms with Crippen molar-refractivity contribution in [3.63, 3.8) is 0 Å². The van der Waals surface area contributed by atoms with E-state index < -0.39 is 0 Å². The molecular weight excluding hydrogens is 162 g/mol. The Morgan fingerprint density at radius 2 is 2.23 bits per heavy atom. The van der Waals surface area contributed by atoms with Gasteiger partial charge in [0.25, 0.3) is 0 Å². The molecule has 0 N–H and O–H groups in total. The Bertz CT molecular complexity index is 258. The molecule has 0 aliphatic carbocycles. The van der Waals surface area contributed by atoms with Crippen LogP contribution in [0.15, 0.2) is 18.2 Å². The number of aryl methyl sites for hydroxylation is 1. The van der Waals surface area contributed by atoms with Gasteiger partial charge in [-0.25, -0.2) is 0 Å². The molecule has 0 heterocycles. The van der Waals surface area contributed by atoms with E-state index in [1.54, 1.807) is 0 Å². The van der Waals surface area contributed by atoms with Crippen LogP contribution >= 0.6 is 0 Å². The number of hydrogen-bond acceptors (Lipinski definition) is 2. The molecule has 71 valence electrons. The molecule has 1 aromatic rings. The molecule has 0 aromatic heterocycles. The summed E-state index contributed by atoms with van der Waals surface area (Å²) in [4.78, 5) is 2.10. The highest BCUT2D eigenvalue weighted by Gasteiger charge is 1.97. The van der Waals surface area contributed by atoms with Crippen LogP contribution in [0.3, 0.4) is 0 Å². The maximum atomic E-state index is 5.59. The van der Waals surface area contributed by atoms with E-state index in [4.69, 9.17) is 4.74 Å². The number of hydrogen-bond donors (Lipinski definition) is 0. The third kappa shape index (κ3) is 3.47. The molecular formula is C11H16NO. The van der Waals surface area contributed by atoms with Crippen LogP contribution in [0.1, 0.15) is 5.56 Å². The largest absolute Gasteiger partial charge is 0.492 e. The third-order valence-corrected chi connectivity index (χ3v) is 1.82. The first-order valence-corrected chi connectivity index (χ1v) is 4.44. The molecule has 2 nitrogen and oxygen atoms in total. The van der Waals surface area contributed by atoms with Crippen LogP contribution in [0.25, 0.3) is 0 Å². The Labute approximate surface area is 80.1 Å². The first kappa shape index (κ1) is 10.1. The summed E-state index contributed by atoms with van der Waals surface area (Å²) in [5.74, 6) is 0.959. The van der Waals surface area contributed by atoms with Crippen molar-refractivity contribution in [1.29, 1.82) is 0 Å². The summed E-state index contributed by atoms with van der Waals surface area (Å²) in [6, 6.07) is 8.77. The van der Waals surface area contributed by atoms with E-state index >= 15 is 0 Å². The second kappa shape index (κ2) is 4.87. The summed E-state index contributed by atoms with van der Waals surface area (Å²) in [5, 5.41) is 0. The number of ether oxygens (including phenoxy) is 1. The average Bonchev–Trinajstić information content (AvgIpc) is 2.08. The topological polar surface area (TPSA) is 12.5 Å². The van der Waals surface area contributed by atoms with Crippen LogP contribution in [0.5, 0.6) is 5.75 Å². The SMILES string of the molecule is Cc1c[c]ccc1OCCN(C)C. The third-order valence-electron chi connectivity index (χ3n) is 1.82. The van der Waals surface area contributed by atoms with Gasteiger partial charge in [0.1, 0.15) is 12.4 Å². The van der Waals surface area contributed by atoms with Gasteiger partial charge in [-0.15, -0.1) is 0 Å². The maximum absolute atomic E-state index is 5.59. The molecule has 1 radical (unpaired) electrons. The summed E-state index contributed by atoms with van der Waals surface area (Å²) in [5.41, 5.74) is 1.14. The molecule has 13 heavy (non-hydrogen) atoms. The van der Waals surface area contributed by atoms with Crippen molar-refractivity contribution in [2.45, 2.75) is 6.92 Å². The standard InChI is InChI=1S/C11H16NO/c1-10-6-4-5-7-11(10)13-9-8-12(2)3/h5-7H,8-9H2,1-3H3. The van der Waals surface area contributed by atoms with Crippen molar-refractivity contribution in [1.82, 2.24) is 4.90 Å². The Balaban J connectivity index is 2.41. The molecule has 0 bridgehead atoms. The second-order valence-electron chi connectivity index (χ2n) is 3.34. The van der Waals surface area contributed by atoms with Crippen LogP contribution in [0, 0.1) is 13.0 Å². The molecule has 0 spiro atoms. The summed E-state index contributed by atoms with van der Waals surface area (Å²) in [6.07, 6.45) is 0. The summed E-state index contributed by atoms with van der Waals surface area (Å²) >= 11 is 0. The predicted octanol–water partition coefficient (Wildman–Crippen LogP) is 1.74. The highest BCUT2D eigenvalue weighted by molar-refractivity contribution is 5.31. The van der Waals surface area contributed by atoms with Gasteiger partial charge in [0.2, 0.25) is 0 Å². The zero-order chi connectivity index (χ0) is 9.68. The first-order valence-electron chi connectivity index (χ1n) is 4.44. The summed E-state index contributed by atoms with van der Waals surface area (Å²) < 4.78 is 5.59. The number of nitrogens with zero attached hydrogens (tertiary/aromatic N) is 1. The number of rotatable bonds is 4. The van der Waals surface area contributed by atoms with Gasteiger partial charge in [-0.1, -0.05) is 6.07 Å². The van der Waals surface area contributed by atoms with Gasteiger partial charge < -0.3 is 9.64 Å². The monoisotopic (exact) mass is 178 g/mol. The first-order chi connectivity index (χ1) is 6.20. The van der Waals surface area contributed by atoms with Gasteiger partial charge in [-0.05, 0) is 44.8 Å². The molecule has 0 unspecified atom stereocenters. The minimum Gasteiger partial charge on any atom is -0.492 e. The smallest absolute Gasteiger partial charge is 0.122 e. The lowest BCUT2D eigenvalue weighted by Crippen LogP contribution is -2.19. The van der Waals surface area contributed by atoms with E-state index in [2.05, 4.69) is 11.0 Å². The second-order valence-corrected chi connectivity index (χ2v) is 3.34. The van der Waals surface area contributed by atoms with Crippen molar-refractivity contribution in [3.8, 4) is 5.75 Å². The van der Waals surface area contributed by atoms with Crippen LogP contribution in [-0.2, 0) is 0 Å². The predicted molar refractivity (Wildman–Crippen MR) is 54.1 cm³/mol. The molecule has 0 saturated carbocycles. The van der Waals surface area contributed by atoms with E-state index in [-0.39, 0.29) is 0 Å². The van der Waals surface area contributed by atoms with Crippen molar-refractivity contribution >= 4 is 0 Å². The lowest BCUT2D eigenvalue weighted by atomic mass is 10.2. The minimum atomic E-state index is 0.734. The quantitative estimate of drug-likeness (QED) is 0.696. The van der Waals surface area contributed by atoms with E-state index in [1.165, 1.54) is 0 Å². The fourth-order valence-electron chi connectivity index (χ4n) is 1.000. The average molecular weight is 178 g/mol. The lowest BCUT2D eigenvalue weighted by molar-refractivity contribution is 0.260. The molecule has 0 aliphatic rings. The van der Waals surface area contributed by atoms with Crippen LogP contribution in [0.2, 0.25) is 0 Å². The molecule has 0 atom stereocenters. The molecule has 0 aliphatic heterocycles. The van der Waals surface area contributed by atoms with Gasteiger partial charge in [-0.3, -0.25) is 0 Å². The van der Waals surface area contributed by atoms with Gasteiger partial charge in [0.05, 0.1) is 0 Å². The molecule has 0 fully saturated rings. The highest BCUT2D eigenvalue weighted by atomic mass is 16.5. The van der Waals surface area contributed by atoms with Crippen LogP contribution in [-0.4, -0.2) is 32.1 Å². The fraction of sp³-hybridized carbons (Fsp3) is 0.455. The van der Waals surface area contributed by atoms with Crippen molar-refractivity contribution in [3.05, 3.63) is 29.8 Å². The molecule has 0 amide bonds. The van der Waals surface area contributed by atoms with E-state index in [9.17, 15) is 0 Å². The van der Waals surface area contributed by atoms with Gasteiger partial charge in [0.15, 0.2) is 0 Å². The van der Waals surface area contributed by atoms with E-state index in [1.807, 2.05) is 39.2 Å². The van der Waals surface area contributed by atoms with Gasteiger partial charge in [0, 0.05) is 6.54 Å². The van der Waals surface area contributed by atoms with Gasteiger partial charge in [-0.2, -0.15) is 0 Å². The minimum absolute atomic E-state index is 0.734. The van der Waals surface area contributed by atoms with E-state index in [0.717, 1.165) is 24.5 Å². The number of benzene rings is 1. The summed E-state index contributed by atoms with van der Waals surface area (Å²) in [7, 11) is 4.07.